The van der Waals surface area contributed by atoms with Gasteiger partial charge in [-0.25, -0.2) is 0 Å². The van der Waals surface area contributed by atoms with Gasteiger partial charge in [-0.2, -0.15) is 0 Å². The van der Waals surface area contributed by atoms with Crippen molar-refractivity contribution in [3.8, 4) is 0 Å². The van der Waals surface area contributed by atoms with E-state index >= 15 is 0 Å². The van der Waals surface area contributed by atoms with E-state index in [1.807, 2.05) is 0 Å². The number of nitrogens with zero attached hydrogens (tertiary/aromatic N) is 1. The molecular formula is C12H21NO3. The first-order valence-corrected chi connectivity index (χ1v) is 6.27. The molecule has 1 saturated carbocycles. The molecule has 1 aliphatic heterocycles. The summed E-state index contributed by atoms with van der Waals surface area (Å²) in [5.74, 6) is 0.804. The predicted octanol–water partition coefficient (Wildman–Crippen LogP) is 0.439. The van der Waals surface area contributed by atoms with E-state index < -0.39 is 0 Å². The number of aliphatic hydroxyl groups is 1. The largest absolute Gasteiger partial charge is 0.394 e. The molecule has 2 rings (SSSR count). The third kappa shape index (κ3) is 3.54. The van der Waals surface area contributed by atoms with Crippen molar-refractivity contribution >= 4 is 5.78 Å². The molecule has 92 valence electrons. The minimum atomic E-state index is 0.0976. The van der Waals surface area contributed by atoms with Crippen molar-refractivity contribution in [1.82, 2.24) is 4.90 Å². The molecule has 0 unspecified atom stereocenters. The summed E-state index contributed by atoms with van der Waals surface area (Å²) < 4.78 is 5.48. The van der Waals surface area contributed by atoms with Crippen LogP contribution in [0, 0.1) is 5.92 Å². The fraction of sp³-hybridized carbons (Fsp3) is 0.917. The van der Waals surface area contributed by atoms with Gasteiger partial charge in [-0.05, 0) is 25.7 Å². The summed E-state index contributed by atoms with van der Waals surface area (Å²) in [6.45, 7) is 3.08. The molecule has 4 heteroatoms. The highest BCUT2D eigenvalue weighted by Gasteiger charge is 2.31. The Balaban J connectivity index is 1.62. The first-order valence-electron chi connectivity index (χ1n) is 6.27. The average Bonchev–Trinajstić information content (AvgIpc) is 3.12. The van der Waals surface area contributed by atoms with E-state index in [1.54, 1.807) is 0 Å². The van der Waals surface area contributed by atoms with Gasteiger partial charge >= 0.3 is 0 Å². The van der Waals surface area contributed by atoms with Crippen LogP contribution in [0.15, 0.2) is 0 Å². The van der Waals surface area contributed by atoms with Gasteiger partial charge < -0.3 is 9.84 Å². The van der Waals surface area contributed by atoms with Gasteiger partial charge in [0.1, 0.15) is 5.78 Å². The van der Waals surface area contributed by atoms with Crippen LogP contribution in [0.5, 0.6) is 0 Å². The van der Waals surface area contributed by atoms with Crippen molar-refractivity contribution in [2.45, 2.75) is 31.8 Å². The standard InChI is InChI=1S/C12H21NO3/c14-7-8-16-11-3-5-13(6-4-11)9-12(15)10-1-2-10/h10-11,14H,1-9H2. The van der Waals surface area contributed by atoms with Crippen molar-refractivity contribution in [2.75, 3.05) is 32.8 Å². The number of carbonyl (C=O) groups excluding carboxylic acids is 1. The smallest absolute Gasteiger partial charge is 0.149 e. The Bertz CT molecular complexity index is 232. The number of piperidine rings is 1. The lowest BCUT2D eigenvalue weighted by molar-refractivity contribution is -0.122. The Labute approximate surface area is 96.6 Å². The lowest BCUT2D eigenvalue weighted by atomic mass is 10.1. The molecule has 2 fully saturated rings. The van der Waals surface area contributed by atoms with E-state index in [0.29, 0.717) is 24.9 Å². The van der Waals surface area contributed by atoms with Gasteiger partial charge in [-0.3, -0.25) is 9.69 Å². The third-order valence-electron chi connectivity index (χ3n) is 3.39. The highest BCUT2D eigenvalue weighted by Crippen LogP contribution is 2.30. The fourth-order valence-electron chi connectivity index (χ4n) is 2.21. The number of Topliss-reactive ketones (excluding diaryl/α,β-unsaturated/α-hetero) is 1. The topological polar surface area (TPSA) is 49.8 Å². The molecule has 1 aliphatic carbocycles. The summed E-state index contributed by atoms with van der Waals surface area (Å²) in [5, 5.41) is 8.66. The molecule has 0 spiro atoms. The SMILES string of the molecule is O=C(CN1CCC(OCCO)CC1)C1CC1. The van der Waals surface area contributed by atoms with Crippen molar-refractivity contribution in [2.24, 2.45) is 5.92 Å². The van der Waals surface area contributed by atoms with Crippen LogP contribution < -0.4 is 0 Å². The highest BCUT2D eigenvalue weighted by atomic mass is 16.5. The molecule has 0 radical (unpaired) electrons. The molecule has 0 atom stereocenters. The van der Waals surface area contributed by atoms with Crippen LogP contribution in [0.25, 0.3) is 0 Å². The summed E-state index contributed by atoms with van der Waals surface area (Å²) in [6, 6.07) is 0. The number of hydrogen-bond donors (Lipinski definition) is 1. The number of ketones is 1. The van der Waals surface area contributed by atoms with Crippen LogP contribution in [-0.4, -0.2) is 54.7 Å². The summed E-state index contributed by atoms with van der Waals surface area (Å²) in [4.78, 5) is 13.9. The van der Waals surface area contributed by atoms with E-state index in [1.165, 1.54) is 0 Å². The quantitative estimate of drug-likeness (QED) is 0.715. The van der Waals surface area contributed by atoms with Crippen molar-refractivity contribution in [3.63, 3.8) is 0 Å². The minimum absolute atomic E-state index is 0.0976. The Hall–Kier alpha value is -0.450. The lowest BCUT2D eigenvalue weighted by Crippen LogP contribution is -2.40. The zero-order chi connectivity index (χ0) is 11.4. The van der Waals surface area contributed by atoms with Crippen LogP contribution in [-0.2, 0) is 9.53 Å². The van der Waals surface area contributed by atoms with E-state index in [-0.39, 0.29) is 12.7 Å². The third-order valence-corrected chi connectivity index (χ3v) is 3.39. The van der Waals surface area contributed by atoms with E-state index in [9.17, 15) is 4.79 Å². The van der Waals surface area contributed by atoms with Gasteiger partial charge in [0.2, 0.25) is 0 Å². The van der Waals surface area contributed by atoms with Crippen molar-refractivity contribution in [3.05, 3.63) is 0 Å². The number of aliphatic hydroxyl groups excluding tert-OH is 1. The van der Waals surface area contributed by atoms with Gasteiger partial charge in [-0.15, -0.1) is 0 Å². The molecular weight excluding hydrogens is 206 g/mol. The maximum atomic E-state index is 11.6. The predicted molar refractivity (Wildman–Crippen MR) is 60.2 cm³/mol. The second kappa shape index (κ2) is 5.75. The number of carbonyl (C=O) groups is 1. The average molecular weight is 227 g/mol. The number of ether oxygens (including phenoxy) is 1. The van der Waals surface area contributed by atoms with Gasteiger partial charge in [0.15, 0.2) is 0 Å². The van der Waals surface area contributed by atoms with Crippen molar-refractivity contribution in [1.29, 1.82) is 0 Å². The minimum Gasteiger partial charge on any atom is -0.394 e. The van der Waals surface area contributed by atoms with Crippen LogP contribution >= 0.6 is 0 Å². The number of likely N-dealkylation sites (tertiary alicyclic amines) is 1. The molecule has 4 nitrogen and oxygen atoms in total. The lowest BCUT2D eigenvalue weighted by Gasteiger charge is -2.31. The van der Waals surface area contributed by atoms with Crippen LogP contribution in [0.4, 0.5) is 0 Å². The monoisotopic (exact) mass is 227 g/mol. The van der Waals surface area contributed by atoms with E-state index in [2.05, 4.69) is 4.90 Å². The molecule has 16 heavy (non-hydrogen) atoms. The molecule has 0 bridgehead atoms. The molecule has 1 heterocycles. The molecule has 1 N–H and O–H groups in total. The van der Waals surface area contributed by atoms with Gasteiger partial charge in [0.25, 0.3) is 0 Å². The second-order valence-electron chi connectivity index (χ2n) is 4.81. The van der Waals surface area contributed by atoms with Crippen molar-refractivity contribution < 1.29 is 14.6 Å². The Morgan fingerprint density at radius 1 is 1.25 bits per heavy atom. The number of hydrogen-bond acceptors (Lipinski definition) is 4. The second-order valence-corrected chi connectivity index (χ2v) is 4.81. The fourth-order valence-corrected chi connectivity index (χ4v) is 2.21. The zero-order valence-corrected chi connectivity index (χ0v) is 9.73. The zero-order valence-electron chi connectivity index (χ0n) is 9.73. The Kier molecular flexibility index (Phi) is 4.32. The molecule has 2 aliphatic rings. The van der Waals surface area contributed by atoms with Crippen LogP contribution in [0.1, 0.15) is 25.7 Å². The highest BCUT2D eigenvalue weighted by molar-refractivity contribution is 5.84. The van der Waals surface area contributed by atoms with E-state index in [0.717, 1.165) is 38.8 Å². The molecule has 0 aromatic rings. The van der Waals surface area contributed by atoms with Crippen LogP contribution in [0.2, 0.25) is 0 Å². The summed E-state index contributed by atoms with van der Waals surface area (Å²) in [7, 11) is 0. The van der Waals surface area contributed by atoms with Gasteiger partial charge in [-0.1, -0.05) is 0 Å². The Morgan fingerprint density at radius 2 is 1.94 bits per heavy atom. The molecule has 0 aromatic heterocycles. The summed E-state index contributed by atoms with van der Waals surface area (Å²) in [5.41, 5.74) is 0. The van der Waals surface area contributed by atoms with Crippen LogP contribution in [0.3, 0.4) is 0 Å². The van der Waals surface area contributed by atoms with E-state index in [4.69, 9.17) is 9.84 Å². The first-order chi connectivity index (χ1) is 7.79. The first kappa shape index (κ1) is 12.0. The summed E-state index contributed by atoms with van der Waals surface area (Å²) in [6.07, 6.45) is 4.46. The normalized spacial score (nSPS) is 23.6. The molecule has 0 amide bonds. The molecule has 0 aromatic carbocycles. The van der Waals surface area contributed by atoms with Gasteiger partial charge in [0.05, 0.1) is 25.9 Å². The maximum absolute atomic E-state index is 11.6. The summed E-state index contributed by atoms with van der Waals surface area (Å²) >= 11 is 0. The molecule has 1 saturated heterocycles. The van der Waals surface area contributed by atoms with Gasteiger partial charge in [0, 0.05) is 19.0 Å². The maximum Gasteiger partial charge on any atom is 0.149 e. The Morgan fingerprint density at radius 3 is 2.50 bits per heavy atom. The number of rotatable bonds is 6.